The van der Waals surface area contributed by atoms with Crippen LogP contribution in [0.1, 0.15) is 16.8 Å². The fraction of sp³-hybridized carbons (Fsp3) is 0.304. The molecular weight excluding hydrogens is 526 g/mol. The number of hydrogen-bond acceptors (Lipinski definition) is 6. The Morgan fingerprint density at radius 1 is 1.14 bits per heavy atom. The van der Waals surface area contributed by atoms with Gasteiger partial charge in [-0.2, -0.15) is 0 Å². The lowest BCUT2D eigenvalue weighted by molar-refractivity contribution is -0.148. The summed E-state index contributed by atoms with van der Waals surface area (Å²) in [6.45, 7) is 1.19. The van der Waals surface area contributed by atoms with E-state index in [1.807, 2.05) is 0 Å². The van der Waals surface area contributed by atoms with Crippen molar-refractivity contribution >= 4 is 47.4 Å². The number of carbonyl (C=O) groups is 1. The first kappa shape index (κ1) is 27.8. The third kappa shape index (κ3) is 4.64. The number of pyridine rings is 1. The van der Waals surface area contributed by atoms with Crippen LogP contribution < -0.4 is 16.1 Å². The minimum absolute atomic E-state index is 0. The van der Waals surface area contributed by atoms with Gasteiger partial charge in [-0.25, -0.2) is 18.0 Å². The summed E-state index contributed by atoms with van der Waals surface area (Å²) in [6, 6.07) is 5.02. The van der Waals surface area contributed by atoms with E-state index in [0.29, 0.717) is 25.6 Å². The molecule has 2 aliphatic rings. The van der Waals surface area contributed by atoms with Crippen molar-refractivity contribution in [1.82, 2.24) is 4.57 Å². The van der Waals surface area contributed by atoms with Crippen LogP contribution in [0.15, 0.2) is 41.3 Å². The zero-order valence-electron chi connectivity index (χ0n) is 18.6. The number of fused-ring (bicyclic) bond motifs is 1. The predicted octanol–water partition coefficient (Wildman–Crippen LogP) is 3.23. The summed E-state index contributed by atoms with van der Waals surface area (Å²) in [5.41, 5.74) is 4.02. The van der Waals surface area contributed by atoms with E-state index >= 15 is 4.39 Å². The number of nitrogens with two attached hydrogens (primary N) is 1. The monoisotopic (exact) mass is 547 g/mol. The van der Waals surface area contributed by atoms with Crippen LogP contribution >= 0.6 is 24.8 Å². The molecule has 13 heteroatoms. The number of rotatable bonds is 4. The molecule has 0 amide bonds. The molecule has 0 bridgehead atoms. The van der Waals surface area contributed by atoms with Crippen LogP contribution in [-0.2, 0) is 9.47 Å². The number of aromatic carboxylic acids is 1. The average Bonchev–Trinajstić information content (AvgIpc) is 3.40. The Bertz CT molecular complexity index is 1390. The number of carboxylic acids is 1. The quantitative estimate of drug-likeness (QED) is 0.516. The van der Waals surface area contributed by atoms with Gasteiger partial charge in [-0.1, -0.05) is 0 Å². The van der Waals surface area contributed by atoms with Crippen molar-refractivity contribution < 1.29 is 32.5 Å². The van der Waals surface area contributed by atoms with Gasteiger partial charge >= 0.3 is 5.97 Å². The summed E-state index contributed by atoms with van der Waals surface area (Å²) in [6.07, 6.45) is 1.14. The molecule has 0 radical (unpaired) electrons. The fourth-order valence-corrected chi connectivity index (χ4v) is 4.51. The topological polar surface area (TPSA) is 107 Å². The Balaban J connectivity index is 0.00000180. The van der Waals surface area contributed by atoms with E-state index in [4.69, 9.17) is 15.2 Å². The number of halogens is 5. The van der Waals surface area contributed by atoms with Crippen LogP contribution in [0.4, 0.5) is 18.9 Å². The van der Waals surface area contributed by atoms with Crippen LogP contribution in [0.5, 0.6) is 0 Å². The van der Waals surface area contributed by atoms with Gasteiger partial charge in [0.2, 0.25) is 5.43 Å². The summed E-state index contributed by atoms with van der Waals surface area (Å²) in [5.74, 6) is -5.05. The molecule has 3 heterocycles. The number of anilines is 1. The maximum absolute atomic E-state index is 15.2. The Morgan fingerprint density at radius 2 is 1.86 bits per heavy atom. The van der Waals surface area contributed by atoms with Crippen LogP contribution in [-0.4, -0.2) is 53.8 Å². The van der Waals surface area contributed by atoms with Gasteiger partial charge < -0.3 is 29.8 Å². The zero-order chi connectivity index (χ0) is 24.2. The largest absolute Gasteiger partial charge is 0.477 e. The van der Waals surface area contributed by atoms with E-state index in [1.54, 1.807) is 4.90 Å². The minimum atomic E-state index is -1.56. The molecule has 1 aromatic heterocycles. The highest BCUT2D eigenvalue weighted by molar-refractivity contribution is 5.94. The van der Waals surface area contributed by atoms with E-state index in [2.05, 4.69) is 0 Å². The van der Waals surface area contributed by atoms with Gasteiger partial charge in [0.15, 0.2) is 5.79 Å². The molecule has 3 aromatic rings. The number of aromatic nitrogens is 1. The highest BCUT2D eigenvalue weighted by Crippen LogP contribution is 2.37. The molecule has 2 fully saturated rings. The van der Waals surface area contributed by atoms with Crippen molar-refractivity contribution in [2.24, 2.45) is 5.73 Å². The molecule has 8 nitrogen and oxygen atoms in total. The smallest absolute Gasteiger partial charge is 0.341 e. The molecule has 36 heavy (non-hydrogen) atoms. The molecule has 2 saturated heterocycles. The van der Waals surface area contributed by atoms with E-state index in [0.717, 1.165) is 29.0 Å². The summed E-state index contributed by atoms with van der Waals surface area (Å²) < 4.78 is 56.1. The van der Waals surface area contributed by atoms with Crippen molar-refractivity contribution in [3.05, 3.63) is 69.8 Å². The maximum Gasteiger partial charge on any atom is 0.341 e. The van der Waals surface area contributed by atoms with Gasteiger partial charge in [0.1, 0.15) is 23.0 Å². The van der Waals surface area contributed by atoms with Crippen molar-refractivity contribution in [2.75, 3.05) is 31.1 Å². The molecule has 0 saturated carbocycles. The summed E-state index contributed by atoms with van der Waals surface area (Å²) in [4.78, 5) is 26.1. The Hall–Kier alpha value is -2.83. The van der Waals surface area contributed by atoms with Crippen LogP contribution in [0.25, 0.3) is 16.6 Å². The highest BCUT2D eigenvalue weighted by atomic mass is 35.5. The first-order valence-electron chi connectivity index (χ1n) is 10.6. The van der Waals surface area contributed by atoms with E-state index in [9.17, 15) is 23.5 Å². The lowest BCUT2D eigenvalue weighted by Crippen LogP contribution is -2.36. The second-order valence-electron chi connectivity index (χ2n) is 8.33. The third-order valence-corrected chi connectivity index (χ3v) is 6.18. The lowest BCUT2D eigenvalue weighted by Gasteiger charge is -2.25. The molecule has 2 atom stereocenters. The van der Waals surface area contributed by atoms with Crippen molar-refractivity contribution in [3.8, 4) is 5.69 Å². The number of carboxylic acid groups (broad SMARTS) is 1. The van der Waals surface area contributed by atoms with Crippen LogP contribution in [0, 0.1) is 17.5 Å². The van der Waals surface area contributed by atoms with Crippen LogP contribution in [0.3, 0.4) is 0 Å². The zero-order valence-corrected chi connectivity index (χ0v) is 20.2. The van der Waals surface area contributed by atoms with E-state index < -0.39 is 40.2 Å². The average molecular weight is 548 g/mol. The molecule has 2 aromatic carbocycles. The van der Waals surface area contributed by atoms with Gasteiger partial charge in [-0.15, -0.1) is 24.8 Å². The Kier molecular flexibility index (Phi) is 7.92. The van der Waals surface area contributed by atoms with Crippen molar-refractivity contribution in [3.63, 3.8) is 0 Å². The molecular formula is C23H22Cl2F3N3O5. The number of benzene rings is 2. The van der Waals surface area contributed by atoms with E-state index in [1.165, 1.54) is 6.07 Å². The van der Waals surface area contributed by atoms with E-state index in [-0.39, 0.29) is 66.3 Å². The molecule has 2 unspecified atom stereocenters. The summed E-state index contributed by atoms with van der Waals surface area (Å²) in [5, 5.41) is 9.21. The summed E-state index contributed by atoms with van der Waals surface area (Å²) in [7, 11) is 0. The molecule has 5 rings (SSSR count). The SMILES string of the molecule is Cl.Cl.NCC1COC2(CCN(c3cc4c(cc3F)c(=O)c(C(=O)O)cn4-c3ccc(F)cc3F)C2)O1. The normalized spacial score (nSPS) is 21.0. The Labute approximate surface area is 215 Å². The van der Waals surface area contributed by atoms with Gasteiger partial charge in [0, 0.05) is 37.2 Å². The van der Waals surface area contributed by atoms with Gasteiger partial charge in [0.25, 0.3) is 0 Å². The predicted molar refractivity (Wildman–Crippen MR) is 130 cm³/mol. The molecule has 3 N–H and O–H groups in total. The molecule has 194 valence electrons. The van der Waals surface area contributed by atoms with Gasteiger partial charge in [0.05, 0.1) is 36.1 Å². The number of hydrogen-bond donors (Lipinski definition) is 2. The highest BCUT2D eigenvalue weighted by Gasteiger charge is 2.47. The number of ether oxygens (including phenoxy) is 2. The second-order valence-corrected chi connectivity index (χ2v) is 8.33. The van der Waals surface area contributed by atoms with Gasteiger partial charge in [-0.05, 0) is 24.3 Å². The maximum atomic E-state index is 15.2. The first-order chi connectivity index (χ1) is 16.2. The third-order valence-electron chi connectivity index (χ3n) is 6.18. The number of nitrogens with zero attached hydrogens (tertiary/aromatic N) is 2. The van der Waals surface area contributed by atoms with Crippen molar-refractivity contribution in [2.45, 2.75) is 18.3 Å². The molecule has 0 aliphatic carbocycles. The lowest BCUT2D eigenvalue weighted by atomic mass is 10.1. The molecule has 2 aliphatic heterocycles. The Morgan fingerprint density at radius 3 is 2.50 bits per heavy atom. The fourth-order valence-electron chi connectivity index (χ4n) is 4.51. The standard InChI is InChI=1S/C23H20F3N3O5.2ClH/c24-12-1-2-18(16(25)5-12)29-9-15(22(31)32)21(30)14-6-17(26)20(7-19(14)29)28-4-3-23(11-28)33-10-13(8-27)34-23;;/h1-2,5-7,9,13H,3-4,8,10-11,27H2,(H,31,32);2*1H. The second kappa shape index (κ2) is 10.3. The van der Waals surface area contributed by atoms with Crippen molar-refractivity contribution in [1.29, 1.82) is 0 Å². The molecule has 1 spiro atoms. The first-order valence-corrected chi connectivity index (χ1v) is 10.6. The summed E-state index contributed by atoms with van der Waals surface area (Å²) >= 11 is 0. The minimum Gasteiger partial charge on any atom is -0.477 e. The van der Waals surface area contributed by atoms with Crippen LogP contribution in [0.2, 0.25) is 0 Å². The van der Waals surface area contributed by atoms with Gasteiger partial charge in [-0.3, -0.25) is 4.79 Å².